The summed E-state index contributed by atoms with van der Waals surface area (Å²) in [6, 6.07) is 11.1. The third kappa shape index (κ3) is 4.00. The quantitative estimate of drug-likeness (QED) is 0.644. The van der Waals surface area contributed by atoms with Crippen molar-refractivity contribution in [2.75, 3.05) is 6.61 Å². The number of aliphatic hydroxyl groups is 1. The number of hydrogen-bond acceptors (Lipinski definition) is 4. The van der Waals surface area contributed by atoms with Crippen LogP contribution in [0, 0.1) is 11.7 Å². The van der Waals surface area contributed by atoms with E-state index in [-0.39, 0.29) is 23.9 Å². The molecule has 2 aromatic rings. The third-order valence-electron chi connectivity index (χ3n) is 3.98. The van der Waals surface area contributed by atoms with Crippen LogP contribution in [0.25, 0.3) is 5.57 Å². The van der Waals surface area contributed by atoms with E-state index in [2.05, 4.69) is 0 Å². The number of benzene rings is 2. The molecule has 3 rings (SSSR count). The Balaban J connectivity index is 2.04. The van der Waals surface area contributed by atoms with Gasteiger partial charge in [-0.3, -0.25) is 4.79 Å². The number of ketones is 1. The molecule has 0 radical (unpaired) electrons. The zero-order valence-electron chi connectivity index (χ0n) is 15.0. The first-order valence-corrected chi connectivity index (χ1v) is 8.44. The number of carbonyl (C=O) groups excluding carboxylic acids is 1. The summed E-state index contributed by atoms with van der Waals surface area (Å²) in [5.41, 5.74) is 1.25. The fourth-order valence-corrected chi connectivity index (χ4v) is 2.77. The van der Waals surface area contributed by atoms with Crippen molar-refractivity contribution in [1.29, 1.82) is 0 Å². The Labute approximate surface area is 151 Å². The fraction of sp³-hybridized carbons (Fsp3) is 0.286. The molecule has 0 spiro atoms. The van der Waals surface area contributed by atoms with Gasteiger partial charge in [-0.15, -0.1) is 0 Å². The van der Waals surface area contributed by atoms with Crippen LogP contribution in [0.5, 0.6) is 11.5 Å². The molecular weight excluding hydrogens is 335 g/mol. The normalized spacial score (nSPS) is 16.5. The summed E-state index contributed by atoms with van der Waals surface area (Å²) >= 11 is 0. The molecular formula is C21H21FO4. The van der Waals surface area contributed by atoms with Crippen molar-refractivity contribution in [3.05, 3.63) is 65.5 Å². The van der Waals surface area contributed by atoms with Crippen molar-refractivity contribution in [1.82, 2.24) is 0 Å². The number of allylic oxidation sites excluding steroid dienone is 1. The molecule has 1 N–H and O–H groups in total. The van der Waals surface area contributed by atoms with Crippen molar-refractivity contribution in [3.8, 4) is 11.5 Å². The molecule has 1 aliphatic heterocycles. The zero-order valence-corrected chi connectivity index (χ0v) is 15.0. The molecule has 1 heterocycles. The number of carbonyl (C=O) groups is 1. The van der Waals surface area contributed by atoms with E-state index >= 15 is 0 Å². The van der Waals surface area contributed by atoms with Gasteiger partial charge in [0.15, 0.2) is 11.6 Å². The number of rotatable bonds is 4. The molecule has 26 heavy (non-hydrogen) atoms. The standard InChI is InChI=1S/C21H21FO4/c1-13(12-25-21(2,3)24)10-16-15-6-4-5-7-18(15)26-19-9-8-14(22)11-17(19)20(16)23/h4-11,13,24H,12H2,1-3H3/b16-10+/t13-/m1/s1. The largest absolute Gasteiger partial charge is 0.456 e. The smallest absolute Gasteiger partial charge is 0.197 e. The number of halogens is 1. The number of hydrogen-bond donors (Lipinski definition) is 1. The summed E-state index contributed by atoms with van der Waals surface area (Å²) in [6.07, 6.45) is 1.77. The van der Waals surface area contributed by atoms with E-state index in [1.165, 1.54) is 18.2 Å². The Hall–Kier alpha value is -2.50. The van der Waals surface area contributed by atoms with Crippen LogP contribution in [-0.2, 0) is 4.74 Å². The van der Waals surface area contributed by atoms with Crippen molar-refractivity contribution in [2.45, 2.75) is 26.6 Å². The van der Waals surface area contributed by atoms with Crippen LogP contribution >= 0.6 is 0 Å². The molecule has 0 fully saturated rings. The summed E-state index contributed by atoms with van der Waals surface area (Å²) < 4.78 is 24.9. The first-order chi connectivity index (χ1) is 12.2. The Morgan fingerprint density at radius 2 is 1.88 bits per heavy atom. The molecule has 0 saturated carbocycles. The van der Waals surface area contributed by atoms with Crippen molar-refractivity contribution >= 4 is 11.4 Å². The monoisotopic (exact) mass is 356 g/mol. The summed E-state index contributed by atoms with van der Waals surface area (Å²) in [5, 5.41) is 9.72. The van der Waals surface area contributed by atoms with E-state index < -0.39 is 11.6 Å². The Morgan fingerprint density at radius 3 is 2.62 bits per heavy atom. The highest BCUT2D eigenvalue weighted by atomic mass is 19.1. The maximum absolute atomic E-state index is 13.7. The molecule has 0 bridgehead atoms. The molecule has 0 aromatic heterocycles. The van der Waals surface area contributed by atoms with Gasteiger partial charge in [0.1, 0.15) is 17.3 Å². The van der Waals surface area contributed by atoms with Gasteiger partial charge >= 0.3 is 0 Å². The fourth-order valence-electron chi connectivity index (χ4n) is 2.77. The second-order valence-corrected chi connectivity index (χ2v) is 6.88. The second-order valence-electron chi connectivity index (χ2n) is 6.88. The van der Waals surface area contributed by atoms with Crippen LogP contribution in [0.1, 0.15) is 36.7 Å². The first kappa shape index (κ1) is 18.3. The van der Waals surface area contributed by atoms with Crippen molar-refractivity contribution in [3.63, 3.8) is 0 Å². The molecule has 1 atom stereocenters. The lowest BCUT2D eigenvalue weighted by Gasteiger charge is -2.20. The minimum atomic E-state index is -1.25. The SMILES string of the molecule is C[C@H](/C=C1/C(=O)c2cc(F)ccc2Oc2ccccc21)COC(C)(C)O. The Kier molecular flexibility index (Phi) is 4.94. The van der Waals surface area contributed by atoms with Crippen molar-refractivity contribution < 1.29 is 23.8 Å². The summed E-state index contributed by atoms with van der Waals surface area (Å²) in [6.45, 7) is 5.21. The molecule has 0 saturated heterocycles. The number of ether oxygens (including phenoxy) is 2. The highest BCUT2D eigenvalue weighted by molar-refractivity contribution is 6.30. The molecule has 5 heteroatoms. The topological polar surface area (TPSA) is 55.8 Å². The molecule has 2 aromatic carbocycles. The first-order valence-electron chi connectivity index (χ1n) is 8.44. The lowest BCUT2D eigenvalue weighted by molar-refractivity contribution is -0.180. The average Bonchev–Trinajstić information content (AvgIpc) is 2.69. The van der Waals surface area contributed by atoms with E-state index in [0.717, 1.165) is 0 Å². The predicted molar refractivity (Wildman–Crippen MR) is 96.6 cm³/mol. The highest BCUT2D eigenvalue weighted by Gasteiger charge is 2.27. The molecule has 1 aliphatic rings. The van der Waals surface area contributed by atoms with E-state index in [4.69, 9.17) is 9.47 Å². The lowest BCUT2D eigenvalue weighted by Crippen LogP contribution is -2.25. The highest BCUT2D eigenvalue weighted by Crippen LogP contribution is 2.39. The lowest BCUT2D eigenvalue weighted by atomic mass is 9.93. The zero-order chi connectivity index (χ0) is 18.9. The van der Waals surface area contributed by atoms with Gasteiger partial charge in [0.05, 0.1) is 12.2 Å². The summed E-state index contributed by atoms with van der Waals surface area (Å²) in [7, 11) is 0. The van der Waals surface area contributed by atoms with Crippen LogP contribution in [0.3, 0.4) is 0 Å². The molecule has 0 amide bonds. The number of fused-ring (bicyclic) bond motifs is 2. The van der Waals surface area contributed by atoms with Crippen LogP contribution < -0.4 is 4.74 Å². The van der Waals surface area contributed by atoms with Gasteiger partial charge in [0.2, 0.25) is 0 Å². The number of Topliss-reactive ketones (excluding diaryl/α,β-unsaturated/α-hetero) is 1. The minimum absolute atomic E-state index is 0.149. The molecule has 4 nitrogen and oxygen atoms in total. The minimum Gasteiger partial charge on any atom is -0.456 e. The van der Waals surface area contributed by atoms with Gasteiger partial charge in [0, 0.05) is 11.1 Å². The maximum Gasteiger partial charge on any atom is 0.197 e. The van der Waals surface area contributed by atoms with Gasteiger partial charge in [0.25, 0.3) is 0 Å². The number of para-hydroxylation sites is 1. The van der Waals surface area contributed by atoms with Gasteiger partial charge in [-0.2, -0.15) is 0 Å². The van der Waals surface area contributed by atoms with Crippen molar-refractivity contribution in [2.24, 2.45) is 5.92 Å². The third-order valence-corrected chi connectivity index (χ3v) is 3.98. The van der Waals surface area contributed by atoms with E-state index in [0.29, 0.717) is 22.6 Å². The van der Waals surface area contributed by atoms with E-state index in [9.17, 15) is 14.3 Å². The molecule has 0 unspecified atom stereocenters. The Morgan fingerprint density at radius 1 is 1.19 bits per heavy atom. The molecule has 136 valence electrons. The molecule has 0 aliphatic carbocycles. The van der Waals surface area contributed by atoms with E-state index in [1.807, 2.05) is 19.1 Å². The van der Waals surface area contributed by atoms with Crippen LogP contribution in [-0.4, -0.2) is 23.3 Å². The average molecular weight is 356 g/mol. The van der Waals surface area contributed by atoms with E-state index in [1.54, 1.807) is 32.1 Å². The van der Waals surface area contributed by atoms with Crippen LogP contribution in [0.2, 0.25) is 0 Å². The van der Waals surface area contributed by atoms with Crippen LogP contribution in [0.15, 0.2) is 48.5 Å². The van der Waals surface area contributed by atoms with Crippen LogP contribution in [0.4, 0.5) is 4.39 Å². The summed E-state index contributed by atoms with van der Waals surface area (Å²) in [5.74, 6) is -1.34. The van der Waals surface area contributed by atoms with Gasteiger partial charge in [-0.1, -0.05) is 31.2 Å². The Bertz CT molecular complexity index is 865. The predicted octanol–water partition coefficient (Wildman–Crippen LogP) is 4.58. The summed E-state index contributed by atoms with van der Waals surface area (Å²) in [4.78, 5) is 13.1. The maximum atomic E-state index is 13.7. The van der Waals surface area contributed by atoms with Gasteiger partial charge in [-0.05, 0) is 44.0 Å². The second kappa shape index (κ2) is 7.02. The van der Waals surface area contributed by atoms with Gasteiger partial charge < -0.3 is 14.6 Å². The van der Waals surface area contributed by atoms with Gasteiger partial charge in [-0.25, -0.2) is 4.39 Å².